The smallest absolute Gasteiger partial charge is 0.354 e. The maximum Gasteiger partial charge on any atom is 0.354 e. The van der Waals surface area contributed by atoms with E-state index in [-0.39, 0.29) is 46.2 Å². The number of β-lactam (4-membered cyclic amide) rings is 1. The second-order valence-electron chi connectivity index (χ2n) is 7.26. The largest absolute Gasteiger partial charge is 1.00 e. The first kappa shape index (κ1) is 27.2. The van der Waals surface area contributed by atoms with Crippen LogP contribution in [0.5, 0.6) is 0 Å². The Balaban J connectivity index is 0.00000342. The molecule has 35 heavy (non-hydrogen) atoms. The lowest BCUT2D eigenvalue weighted by molar-refractivity contribution is -0.678. The van der Waals surface area contributed by atoms with E-state index < -0.39 is 29.9 Å². The number of carbonyl (C=O) groups is 3. The van der Waals surface area contributed by atoms with Crippen molar-refractivity contribution in [2.75, 3.05) is 18.6 Å². The molecule has 0 aromatic carbocycles. The number of nitrogens with zero attached hydrogens (tertiary/aromatic N) is 4. The van der Waals surface area contributed by atoms with Gasteiger partial charge in [-0.15, -0.1) is 34.9 Å². The molecule has 2 amide bonds. The van der Waals surface area contributed by atoms with Gasteiger partial charge in [0.15, 0.2) is 28.4 Å². The first-order valence-corrected chi connectivity index (χ1v) is 12.8. The molecular formula is C20H21IN6O5S3. The normalized spacial score (nSPS) is 19.4. The molecule has 1 fully saturated rings. The van der Waals surface area contributed by atoms with Gasteiger partial charge in [-0.05, 0) is 0 Å². The highest BCUT2D eigenvalue weighted by molar-refractivity contribution is 8.22. The predicted octanol–water partition coefficient (Wildman–Crippen LogP) is -2.47. The minimum absolute atomic E-state index is 0. The summed E-state index contributed by atoms with van der Waals surface area (Å²) < 4.78 is 2.52. The molecule has 2 aliphatic heterocycles. The number of carboxylic acid groups (broad SMARTS) is 1. The summed E-state index contributed by atoms with van der Waals surface area (Å²) in [5.74, 6) is -1.34. The number of pyridine rings is 1. The molecule has 4 heterocycles. The van der Waals surface area contributed by atoms with Crippen LogP contribution >= 0.6 is 34.9 Å². The molecule has 0 saturated carbocycles. The molecule has 0 radical (unpaired) electrons. The molecule has 11 nitrogen and oxygen atoms in total. The summed E-state index contributed by atoms with van der Waals surface area (Å²) in [4.78, 5) is 47.9. The number of nitrogen functional groups attached to an aromatic ring is 1. The zero-order chi connectivity index (χ0) is 24.4. The molecule has 2 aliphatic rings. The summed E-state index contributed by atoms with van der Waals surface area (Å²) in [5, 5.41) is 18.0. The Hall–Kier alpha value is -2.37. The van der Waals surface area contributed by atoms with Crippen LogP contribution in [0.3, 0.4) is 0 Å². The van der Waals surface area contributed by atoms with E-state index in [1.807, 2.05) is 36.0 Å². The molecule has 15 heteroatoms. The van der Waals surface area contributed by atoms with Crippen LogP contribution in [-0.2, 0) is 32.0 Å². The number of aryl methyl sites for hydroxylation is 1. The third kappa shape index (κ3) is 5.57. The van der Waals surface area contributed by atoms with E-state index in [4.69, 9.17) is 10.6 Å². The molecular weight excluding hydrogens is 627 g/mol. The van der Waals surface area contributed by atoms with E-state index in [1.165, 1.54) is 35.5 Å². The molecule has 1 saturated heterocycles. The Morgan fingerprint density at radius 3 is 2.86 bits per heavy atom. The van der Waals surface area contributed by atoms with E-state index in [1.54, 1.807) is 5.38 Å². The number of carboxylic acids is 1. The summed E-state index contributed by atoms with van der Waals surface area (Å²) in [5.41, 5.74) is 6.70. The van der Waals surface area contributed by atoms with E-state index in [0.29, 0.717) is 15.7 Å². The Morgan fingerprint density at radius 2 is 2.23 bits per heavy atom. The Bertz CT molecular complexity index is 1220. The lowest BCUT2D eigenvalue weighted by Gasteiger charge is -2.49. The number of thioether (sulfide) groups is 2. The van der Waals surface area contributed by atoms with Crippen molar-refractivity contribution in [1.82, 2.24) is 15.2 Å². The summed E-state index contributed by atoms with van der Waals surface area (Å²) in [6.45, 7) is 0. The second-order valence-corrected chi connectivity index (χ2v) is 10.4. The number of halogens is 1. The lowest BCUT2D eigenvalue weighted by Crippen LogP contribution is -3.00. The van der Waals surface area contributed by atoms with Gasteiger partial charge in [-0.2, -0.15) is 0 Å². The zero-order valence-electron chi connectivity index (χ0n) is 18.5. The van der Waals surface area contributed by atoms with Crippen molar-refractivity contribution in [2.24, 2.45) is 12.2 Å². The molecule has 0 spiro atoms. The van der Waals surface area contributed by atoms with E-state index >= 15 is 0 Å². The predicted molar refractivity (Wildman–Crippen MR) is 129 cm³/mol. The van der Waals surface area contributed by atoms with Crippen LogP contribution in [0.15, 0.2) is 44.9 Å². The maximum atomic E-state index is 12.9. The van der Waals surface area contributed by atoms with Gasteiger partial charge in [-0.25, -0.2) is 14.3 Å². The fraction of sp³-hybridized carbons (Fsp3) is 0.300. The monoisotopic (exact) mass is 648 g/mol. The van der Waals surface area contributed by atoms with Gasteiger partial charge >= 0.3 is 5.97 Å². The third-order valence-electron chi connectivity index (χ3n) is 5.20. The van der Waals surface area contributed by atoms with Crippen molar-refractivity contribution in [3.8, 4) is 0 Å². The van der Waals surface area contributed by atoms with Gasteiger partial charge < -0.3 is 45.0 Å². The number of fused-ring (bicyclic) bond motifs is 1. The minimum atomic E-state index is -1.19. The average Bonchev–Trinajstić information content (AvgIpc) is 3.25. The van der Waals surface area contributed by atoms with Gasteiger partial charge in [0.25, 0.3) is 11.8 Å². The standard InChI is InChI=1S/C20H20N6O5S3.HI/c1-25-6-4-3-5-10(25)7-32-19-15(18(29)30)26-12(9-33-19)14(17(26)28)23-16(27)13(24-31-2)11-8-34-20(21)22-11;/h3-6,8,12,14H,7,9H2,1-2H3,(H3-,21,22,23,27,29,30);1H. The molecule has 2 aromatic rings. The SMILES string of the molecule is CON=C(C(=O)NC1C(=O)N2C(C(=O)O)=C(SCc3cccc[n+]3C)SCC12)c1csc(N)n1.[I-]. The number of hydrogen-bond donors (Lipinski definition) is 3. The van der Waals surface area contributed by atoms with Crippen molar-refractivity contribution in [2.45, 2.75) is 17.8 Å². The van der Waals surface area contributed by atoms with Gasteiger partial charge in [0.1, 0.15) is 25.9 Å². The van der Waals surface area contributed by atoms with Crippen LogP contribution in [0.1, 0.15) is 11.4 Å². The Morgan fingerprint density at radius 1 is 1.46 bits per heavy atom. The number of aromatic nitrogens is 2. The fourth-order valence-electron chi connectivity index (χ4n) is 3.53. The summed E-state index contributed by atoms with van der Waals surface area (Å²) >= 11 is 3.88. The average molecular weight is 649 g/mol. The number of hydrogen-bond acceptors (Lipinski definition) is 10. The quantitative estimate of drug-likeness (QED) is 0.0931. The van der Waals surface area contributed by atoms with Crippen molar-refractivity contribution in [1.29, 1.82) is 0 Å². The van der Waals surface area contributed by atoms with Crippen LogP contribution in [-0.4, -0.2) is 63.4 Å². The van der Waals surface area contributed by atoms with E-state index in [2.05, 4.69) is 15.5 Å². The fourth-order valence-corrected chi connectivity index (χ4v) is 6.68. The summed E-state index contributed by atoms with van der Waals surface area (Å²) in [7, 11) is 3.20. The lowest BCUT2D eigenvalue weighted by atomic mass is 9.95. The summed E-state index contributed by atoms with van der Waals surface area (Å²) in [6, 6.07) is 4.41. The molecule has 4 rings (SSSR count). The molecule has 2 atom stereocenters. The van der Waals surface area contributed by atoms with Gasteiger partial charge in [0.05, 0.1) is 16.0 Å². The molecule has 4 N–H and O–H groups in total. The highest BCUT2D eigenvalue weighted by Gasteiger charge is 2.54. The molecule has 0 bridgehead atoms. The Labute approximate surface area is 230 Å². The van der Waals surface area contributed by atoms with Crippen molar-refractivity contribution in [3.05, 3.63) is 51.1 Å². The number of rotatable bonds is 8. The molecule has 2 aromatic heterocycles. The highest BCUT2D eigenvalue weighted by Crippen LogP contribution is 2.44. The number of anilines is 1. The number of carbonyl (C=O) groups excluding carboxylic acids is 2. The summed E-state index contributed by atoms with van der Waals surface area (Å²) in [6.07, 6.45) is 1.92. The number of thiazole rings is 1. The van der Waals surface area contributed by atoms with E-state index in [9.17, 15) is 19.5 Å². The molecule has 2 unspecified atom stereocenters. The number of nitrogens with two attached hydrogens (primary N) is 1. The second kappa shape index (κ2) is 11.6. The number of amides is 2. The number of aliphatic carboxylic acids is 1. The number of nitrogens with one attached hydrogen (secondary N) is 1. The van der Waals surface area contributed by atoms with Crippen molar-refractivity contribution in [3.63, 3.8) is 0 Å². The Kier molecular flexibility index (Phi) is 9.00. The first-order valence-electron chi connectivity index (χ1n) is 9.95. The van der Waals surface area contributed by atoms with Gasteiger partial charge in [-0.3, -0.25) is 14.5 Å². The first-order chi connectivity index (χ1) is 16.3. The van der Waals surface area contributed by atoms with E-state index in [0.717, 1.165) is 17.0 Å². The van der Waals surface area contributed by atoms with Crippen LogP contribution < -0.4 is 39.6 Å². The molecule has 186 valence electrons. The molecule has 0 aliphatic carbocycles. The van der Waals surface area contributed by atoms with Crippen LogP contribution in [0.2, 0.25) is 0 Å². The van der Waals surface area contributed by atoms with Crippen LogP contribution in [0, 0.1) is 0 Å². The minimum Gasteiger partial charge on any atom is -1.00 e. The van der Waals surface area contributed by atoms with Crippen molar-refractivity contribution < 1.29 is 52.9 Å². The van der Waals surface area contributed by atoms with Crippen molar-refractivity contribution >= 4 is 63.5 Å². The third-order valence-corrected chi connectivity index (χ3v) is 8.44. The van der Waals surface area contributed by atoms with Gasteiger partial charge in [0.2, 0.25) is 0 Å². The maximum absolute atomic E-state index is 12.9. The van der Waals surface area contributed by atoms with Gasteiger partial charge in [-0.1, -0.05) is 11.2 Å². The van der Waals surface area contributed by atoms with Crippen LogP contribution in [0.4, 0.5) is 5.13 Å². The number of oxime groups is 1. The van der Waals surface area contributed by atoms with Crippen LogP contribution in [0.25, 0.3) is 0 Å². The zero-order valence-corrected chi connectivity index (χ0v) is 23.1. The highest BCUT2D eigenvalue weighted by atomic mass is 127. The topological polar surface area (TPSA) is 151 Å². The van der Waals surface area contributed by atoms with Gasteiger partial charge in [0, 0.05) is 23.3 Å².